The van der Waals surface area contributed by atoms with Crippen molar-refractivity contribution < 1.29 is 23.0 Å². The van der Waals surface area contributed by atoms with Crippen molar-refractivity contribution in [3.05, 3.63) is 35.5 Å². The monoisotopic (exact) mass is 219 g/mol. The summed E-state index contributed by atoms with van der Waals surface area (Å²) in [5.74, 6) is -0.822. The summed E-state index contributed by atoms with van der Waals surface area (Å²) in [6.45, 7) is -1.65. The van der Waals surface area contributed by atoms with Crippen molar-refractivity contribution in [2.75, 3.05) is 6.61 Å². The molecule has 0 saturated heterocycles. The number of halogens is 3. The van der Waals surface area contributed by atoms with Gasteiger partial charge >= 0.3 is 6.61 Å². The van der Waals surface area contributed by atoms with Crippen molar-refractivity contribution in [2.24, 2.45) is 0 Å². The topological polar surface area (TPSA) is 29.5 Å². The molecule has 15 heavy (non-hydrogen) atoms. The Morgan fingerprint density at radius 1 is 1.47 bits per heavy atom. The third-order valence-corrected chi connectivity index (χ3v) is 1.88. The largest absolute Gasteiger partial charge is 0.432 e. The molecule has 1 rings (SSSR count). The first-order chi connectivity index (χ1) is 7.04. The van der Waals surface area contributed by atoms with E-state index in [9.17, 15) is 13.2 Å². The number of hydrogen-bond acceptors (Lipinski definition) is 2. The molecule has 0 heterocycles. The second-order valence-corrected chi connectivity index (χ2v) is 2.96. The van der Waals surface area contributed by atoms with Gasteiger partial charge in [-0.25, -0.2) is 4.39 Å². The highest BCUT2D eigenvalue weighted by atomic mass is 19.3. The van der Waals surface area contributed by atoms with Crippen LogP contribution >= 0.6 is 0 Å². The second kappa shape index (κ2) is 5.02. The van der Waals surface area contributed by atoms with Crippen molar-refractivity contribution in [1.82, 2.24) is 0 Å². The van der Waals surface area contributed by atoms with Gasteiger partial charge in [0, 0.05) is 5.92 Å². The highest BCUT2D eigenvalue weighted by molar-refractivity contribution is 5.36. The Morgan fingerprint density at radius 2 is 2.13 bits per heavy atom. The molecule has 0 unspecified atom stereocenters. The molecule has 5 heteroatoms. The first kappa shape index (κ1) is 11.8. The van der Waals surface area contributed by atoms with E-state index in [1.807, 2.05) is 0 Å². The van der Waals surface area contributed by atoms with Gasteiger partial charge < -0.3 is 9.84 Å². The van der Waals surface area contributed by atoms with Crippen LogP contribution < -0.4 is 4.74 Å². The number of alkyl halides is 2. The molecule has 1 aromatic rings. The summed E-state index contributed by atoms with van der Waals surface area (Å²) in [7, 11) is 0. The molecule has 0 aromatic heterocycles. The highest BCUT2D eigenvalue weighted by Gasteiger charge is 2.12. The van der Waals surface area contributed by atoms with Crippen LogP contribution in [0.1, 0.15) is 12.5 Å². The Kier molecular flexibility index (Phi) is 3.96. The Balaban J connectivity index is 2.88. The lowest BCUT2D eigenvalue weighted by Gasteiger charge is -2.10. The van der Waals surface area contributed by atoms with Crippen molar-refractivity contribution in [3.63, 3.8) is 0 Å². The van der Waals surface area contributed by atoms with Gasteiger partial charge in [-0.15, -0.1) is 0 Å². The van der Waals surface area contributed by atoms with Crippen molar-refractivity contribution >= 4 is 0 Å². The molecular formula is C10H10F3O2. The molecule has 0 amide bonds. The summed E-state index contributed by atoms with van der Waals surface area (Å²) in [4.78, 5) is 0. The molecule has 1 N–H and O–H groups in total. The molecule has 1 aromatic carbocycles. The molecule has 0 aliphatic rings. The Labute approximate surface area is 85.3 Å². The number of ether oxygens (including phenoxy) is 1. The lowest BCUT2D eigenvalue weighted by Crippen LogP contribution is -2.05. The molecule has 2 nitrogen and oxygen atoms in total. The molecule has 83 valence electrons. The fourth-order valence-corrected chi connectivity index (χ4v) is 1.05. The predicted molar refractivity (Wildman–Crippen MR) is 48.1 cm³/mol. The number of hydrogen-bond donors (Lipinski definition) is 1. The maximum Gasteiger partial charge on any atom is 0.387 e. The van der Waals surface area contributed by atoms with Crippen molar-refractivity contribution in [1.29, 1.82) is 0 Å². The third kappa shape index (κ3) is 3.13. The molecule has 0 saturated carbocycles. The molecular weight excluding hydrogens is 209 g/mol. The van der Waals surface area contributed by atoms with Crippen LogP contribution in [0.2, 0.25) is 0 Å². The quantitative estimate of drug-likeness (QED) is 0.842. The zero-order valence-corrected chi connectivity index (χ0v) is 8.01. The van der Waals surface area contributed by atoms with E-state index in [-0.39, 0.29) is 6.61 Å². The van der Waals surface area contributed by atoms with E-state index in [4.69, 9.17) is 5.11 Å². The summed E-state index contributed by atoms with van der Waals surface area (Å²) in [5, 5.41) is 8.78. The third-order valence-electron chi connectivity index (χ3n) is 1.88. The molecule has 0 atom stereocenters. The normalized spacial score (nSPS) is 11.1. The fourth-order valence-electron chi connectivity index (χ4n) is 1.05. The minimum absolute atomic E-state index is 0.214. The number of benzene rings is 1. The maximum atomic E-state index is 13.2. The van der Waals surface area contributed by atoms with Crippen molar-refractivity contribution in [2.45, 2.75) is 13.5 Å². The van der Waals surface area contributed by atoms with Gasteiger partial charge in [-0.05, 0) is 17.7 Å². The molecule has 0 bridgehead atoms. The van der Waals surface area contributed by atoms with Crippen LogP contribution in [0.3, 0.4) is 0 Å². The molecule has 0 fully saturated rings. The number of aliphatic hydroxyl groups is 1. The summed E-state index contributed by atoms with van der Waals surface area (Å²) >= 11 is 0. The lowest BCUT2D eigenvalue weighted by molar-refractivity contribution is -0.0522. The molecule has 1 radical (unpaired) electrons. The standard InChI is InChI=1S/C10H10F3O2/c1-6(5-14)7-2-3-9(8(11)4-7)15-10(12)13/h2-4,10,14H,5H2,1H3. The van der Waals surface area contributed by atoms with Gasteiger partial charge in [0.1, 0.15) is 0 Å². The first-order valence-corrected chi connectivity index (χ1v) is 4.22. The van der Waals surface area contributed by atoms with Gasteiger partial charge in [-0.3, -0.25) is 0 Å². The lowest BCUT2D eigenvalue weighted by atomic mass is 10.0. The van der Waals surface area contributed by atoms with E-state index >= 15 is 0 Å². The summed E-state index contributed by atoms with van der Waals surface area (Å²) in [6.07, 6.45) is 0. The van der Waals surface area contributed by atoms with Crippen LogP contribution in [0.4, 0.5) is 13.2 Å². The minimum atomic E-state index is -3.05. The maximum absolute atomic E-state index is 13.2. The molecule has 0 spiro atoms. The highest BCUT2D eigenvalue weighted by Crippen LogP contribution is 2.23. The van der Waals surface area contributed by atoms with Crippen LogP contribution in [0, 0.1) is 11.7 Å². The number of aliphatic hydroxyl groups excluding tert-OH is 1. The average molecular weight is 219 g/mol. The Morgan fingerprint density at radius 3 is 2.60 bits per heavy atom. The second-order valence-electron chi connectivity index (χ2n) is 2.96. The van der Waals surface area contributed by atoms with E-state index in [1.54, 1.807) is 6.92 Å². The minimum Gasteiger partial charge on any atom is -0.432 e. The SMILES string of the molecule is C[C](CO)c1ccc(OC(F)F)c(F)c1. The van der Waals surface area contributed by atoms with E-state index in [1.165, 1.54) is 6.07 Å². The summed E-state index contributed by atoms with van der Waals surface area (Å²) in [5.41, 5.74) is 0.455. The van der Waals surface area contributed by atoms with E-state index in [0.29, 0.717) is 11.5 Å². The van der Waals surface area contributed by atoms with Gasteiger partial charge in [-0.2, -0.15) is 8.78 Å². The van der Waals surface area contributed by atoms with Crippen LogP contribution in [0.15, 0.2) is 18.2 Å². The average Bonchev–Trinajstić information content (AvgIpc) is 2.19. The van der Waals surface area contributed by atoms with Gasteiger partial charge in [0.25, 0.3) is 0 Å². The van der Waals surface area contributed by atoms with Crippen molar-refractivity contribution in [3.8, 4) is 5.75 Å². The smallest absolute Gasteiger partial charge is 0.387 e. The molecule has 0 aliphatic carbocycles. The predicted octanol–water partition coefficient (Wildman–Crippen LogP) is 2.36. The summed E-state index contributed by atoms with van der Waals surface area (Å²) < 4.78 is 40.7. The van der Waals surface area contributed by atoms with Gasteiger partial charge in [0.05, 0.1) is 6.61 Å². The first-order valence-electron chi connectivity index (χ1n) is 4.22. The van der Waals surface area contributed by atoms with Crippen LogP contribution in [0.25, 0.3) is 0 Å². The zero-order chi connectivity index (χ0) is 11.4. The number of rotatable bonds is 4. The van der Waals surface area contributed by atoms with Gasteiger partial charge in [0.15, 0.2) is 11.6 Å². The Hall–Kier alpha value is -1.23. The van der Waals surface area contributed by atoms with E-state index in [2.05, 4.69) is 4.74 Å². The van der Waals surface area contributed by atoms with Crippen LogP contribution in [-0.2, 0) is 0 Å². The fraction of sp³-hybridized carbons (Fsp3) is 0.300. The molecule has 0 aliphatic heterocycles. The van der Waals surface area contributed by atoms with Crippen LogP contribution in [-0.4, -0.2) is 18.3 Å². The van der Waals surface area contributed by atoms with E-state index in [0.717, 1.165) is 12.1 Å². The van der Waals surface area contributed by atoms with Gasteiger partial charge in [-0.1, -0.05) is 13.0 Å². The summed E-state index contributed by atoms with van der Waals surface area (Å²) in [6, 6.07) is 3.56. The zero-order valence-electron chi connectivity index (χ0n) is 8.01. The Bertz CT molecular complexity index is 328. The van der Waals surface area contributed by atoms with Gasteiger partial charge in [0.2, 0.25) is 0 Å². The van der Waals surface area contributed by atoms with Crippen LogP contribution in [0.5, 0.6) is 5.75 Å². The van der Waals surface area contributed by atoms with E-state index < -0.39 is 18.2 Å².